The van der Waals surface area contributed by atoms with Crippen LogP contribution in [-0.4, -0.2) is 0 Å². The first-order valence-corrected chi connectivity index (χ1v) is 10.7. The Hall–Kier alpha value is -0.781. The van der Waals surface area contributed by atoms with E-state index < -0.39 is 0 Å². The standard InChI is InChI=1S/C14H23.C11H17.Fe/c1-4-7-12-10-11-13(8-5-2)14(12)9-6-3;1-3-6-10-8-5-9-11(10)7-4-2;/h10-11H,4-9H2,1-3H3;5,8-9H,3-4,6-7H2,1-2H3;/q-5;-1;. The largest absolute Gasteiger partial charge is 0.745 e. The summed E-state index contributed by atoms with van der Waals surface area (Å²) in [5, 5.41) is 0. The average molecular weight is 396 g/mol. The smallest absolute Gasteiger partial charge is 0 e. The molecule has 0 saturated carbocycles. The second-order valence-electron chi connectivity index (χ2n) is 7.19. The van der Waals surface area contributed by atoms with Gasteiger partial charge in [-0.05, 0) is 0 Å². The van der Waals surface area contributed by atoms with Crippen molar-refractivity contribution in [3.05, 3.63) is 58.1 Å². The molecule has 2 rings (SSSR count). The van der Waals surface area contributed by atoms with Crippen molar-refractivity contribution in [1.82, 2.24) is 0 Å². The van der Waals surface area contributed by atoms with E-state index in [2.05, 4.69) is 65.0 Å². The Morgan fingerprint density at radius 1 is 0.731 bits per heavy atom. The van der Waals surface area contributed by atoms with Gasteiger partial charge < -0.3 is 28.8 Å². The molecule has 0 heterocycles. The third-order valence-corrected chi connectivity index (χ3v) is 4.85. The molecule has 0 atom stereocenters. The van der Waals surface area contributed by atoms with E-state index in [1.54, 1.807) is 27.8 Å². The van der Waals surface area contributed by atoms with Gasteiger partial charge in [-0.25, -0.2) is 31.4 Å². The molecule has 0 aliphatic heterocycles. The topological polar surface area (TPSA) is 0 Å². The monoisotopic (exact) mass is 396 g/mol. The van der Waals surface area contributed by atoms with Crippen molar-refractivity contribution in [2.24, 2.45) is 0 Å². The second kappa shape index (κ2) is 15.3. The minimum absolute atomic E-state index is 0. The summed E-state index contributed by atoms with van der Waals surface area (Å²) in [6.07, 6.45) is 12.7. The van der Waals surface area contributed by atoms with Gasteiger partial charge >= 0.3 is 0 Å². The van der Waals surface area contributed by atoms with Crippen LogP contribution in [0.5, 0.6) is 0 Å². The van der Waals surface area contributed by atoms with Crippen LogP contribution in [0.3, 0.4) is 0 Å². The van der Waals surface area contributed by atoms with Crippen molar-refractivity contribution in [2.75, 3.05) is 0 Å². The molecule has 154 valence electrons. The fourth-order valence-electron chi connectivity index (χ4n) is 3.71. The van der Waals surface area contributed by atoms with E-state index in [9.17, 15) is 0 Å². The number of aryl methyl sites for hydroxylation is 4. The van der Waals surface area contributed by atoms with Crippen LogP contribution in [0.4, 0.5) is 0 Å². The predicted molar refractivity (Wildman–Crippen MR) is 114 cm³/mol. The fraction of sp³-hybridized carbons (Fsp3) is 0.600. The molecule has 0 nitrogen and oxygen atoms in total. The van der Waals surface area contributed by atoms with E-state index in [1.165, 1.54) is 64.2 Å². The number of hydrogen-bond donors (Lipinski definition) is 0. The van der Waals surface area contributed by atoms with E-state index >= 15 is 0 Å². The Labute approximate surface area is 174 Å². The van der Waals surface area contributed by atoms with Crippen molar-refractivity contribution < 1.29 is 17.1 Å². The molecule has 0 unspecified atom stereocenters. The van der Waals surface area contributed by atoms with Gasteiger partial charge in [-0.1, -0.05) is 79.6 Å². The van der Waals surface area contributed by atoms with E-state index in [-0.39, 0.29) is 17.1 Å². The van der Waals surface area contributed by atoms with Crippen LogP contribution in [-0.2, 0) is 49.2 Å². The number of rotatable bonds is 10. The first kappa shape index (κ1) is 25.2. The molecular formula is C25H40Fe-6. The van der Waals surface area contributed by atoms with Crippen molar-refractivity contribution >= 4 is 0 Å². The predicted octanol–water partition coefficient (Wildman–Crippen LogP) is 7.57. The maximum atomic E-state index is 2.35. The normalized spacial score (nSPS) is 10.2. The van der Waals surface area contributed by atoms with E-state index in [4.69, 9.17) is 0 Å². The maximum absolute atomic E-state index is 2.35. The first-order chi connectivity index (χ1) is 12.2. The Balaban J connectivity index is 0.000000475. The van der Waals surface area contributed by atoms with Gasteiger partial charge in [0, 0.05) is 17.1 Å². The van der Waals surface area contributed by atoms with Gasteiger partial charge in [0.15, 0.2) is 0 Å². The van der Waals surface area contributed by atoms with E-state index in [1.807, 2.05) is 0 Å². The van der Waals surface area contributed by atoms with Crippen LogP contribution in [0, 0.1) is 0 Å². The van der Waals surface area contributed by atoms with Gasteiger partial charge in [0.1, 0.15) is 0 Å². The Kier molecular flexibility index (Phi) is 14.8. The molecule has 1 heteroatoms. The Morgan fingerprint density at radius 2 is 1.27 bits per heavy atom. The molecule has 0 saturated heterocycles. The summed E-state index contributed by atoms with van der Waals surface area (Å²) in [5.41, 5.74) is 8.01. The molecule has 26 heavy (non-hydrogen) atoms. The number of hydrogen-bond acceptors (Lipinski definition) is 0. The quantitative estimate of drug-likeness (QED) is 0.287. The summed E-state index contributed by atoms with van der Waals surface area (Å²) in [6.45, 7) is 11.3. The van der Waals surface area contributed by atoms with Gasteiger partial charge in [-0.15, -0.1) is 0 Å². The summed E-state index contributed by atoms with van der Waals surface area (Å²) in [5.74, 6) is 0. The SMILES string of the molecule is CCC[c-]1[cH-][cH-][c-](CCC)[c-]1CCC.CCCc1ccc[c-]1CCC.[Fe]. The zero-order chi connectivity index (χ0) is 18.5. The Bertz CT molecular complexity index is 514. The molecule has 0 fully saturated rings. The van der Waals surface area contributed by atoms with Gasteiger partial charge in [-0.2, -0.15) is 17.2 Å². The van der Waals surface area contributed by atoms with Crippen LogP contribution >= 0.6 is 0 Å². The zero-order valence-electron chi connectivity index (χ0n) is 17.8. The summed E-state index contributed by atoms with van der Waals surface area (Å²) in [7, 11) is 0. The molecule has 0 N–H and O–H groups in total. The average Bonchev–Trinajstić information content (AvgIpc) is 3.19. The molecule has 0 aliphatic rings. The van der Waals surface area contributed by atoms with Crippen molar-refractivity contribution in [3.8, 4) is 0 Å². The third kappa shape index (κ3) is 8.28. The molecule has 2 aromatic carbocycles. The second-order valence-corrected chi connectivity index (χ2v) is 7.19. The zero-order valence-corrected chi connectivity index (χ0v) is 18.9. The summed E-state index contributed by atoms with van der Waals surface area (Å²) < 4.78 is 0. The van der Waals surface area contributed by atoms with Crippen LogP contribution in [0.25, 0.3) is 0 Å². The van der Waals surface area contributed by atoms with Crippen LogP contribution in [0.1, 0.15) is 94.5 Å². The molecule has 0 spiro atoms. The van der Waals surface area contributed by atoms with Crippen LogP contribution in [0.2, 0.25) is 0 Å². The maximum Gasteiger partial charge on any atom is 0 e. The fourth-order valence-corrected chi connectivity index (χ4v) is 3.71. The van der Waals surface area contributed by atoms with Gasteiger partial charge in [-0.3, -0.25) is 0 Å². The molecular weight excluding hydrogens is 356 g/mol. The molecule has 0 amide bonds. The Morgan fingerprint density at radius 3 is 1.73 bits per heavy atom. The molecule has 0 bridgehead atoms. The minimum Gasteiger partial charge on any atom is -0.745 e. The summed E-state index contributed by atoms with van der Waals surface area (Å²) in [6, 6.07) is 11.4. The van der Waals surface area contributed by atoms with Crippen LogP contribution in [0.15, 0.2) is 30.3 Å². The van der Waals surface area contributed by atoms with Crippen molar-refractivity contribution in [3.63, 3.8) is 0 Å². The third-order valence-electron chi connectivity index (χ3n) is 4.85. The molecule has 0 aromatic heterocycles. The summed E-state index contributed by atoms with van der Waals surface area (Å²) in [4.78, 5) is 0. The first-order valence-electron chi connectivity index (χ1n) is 10.7. The van der Waals surface area contributed by atoms with Crippen molar-refractivity contribution in [1.29, 1.82) is 0 Å². The van der Waals surface area contributed by atoms with Crippen LogP contribution < -0.4 is 0 Å². The molecule has 2 aromatic rings. The van der Waals surface area contributed by atoms with Gasteiger partial charge in [0.25, 0.3) is 0 Å². The molecule has 0 radical (unpaired) electrons. The van der Waals surface area contributed by atoms with E-state index in [0.29, 0.717) is 0 Å². The van der Waals surface area contributed by atoms with E-state index in [0.717, 1.165) is 0 Å². The minimum atomic E-state index is 0. The van der Waals surface area contributed by atoms with Crippen molar-refractivity contribution in [2.45, 2.75) is 98.8 Å². The molecule has 0 aliphatic carbocycles. The van der Waals surface area contributed by atoms with Gasteiger partial charge in [0.05, 0.1) is 0 Å². The summed E-state index contributed by atoms with van der Waals surface area (Å²) >= 11 is 0. The van der Waals surface area contributed by atoms with Gasteiger partial charge in [0.2, 0.25) is 0 Å².